The molecule has 2 aromatic rings. The molecule has 0 fully saturated rings. The Morgan fingerprint density at radius 3 is 2.56 bits per heavy atom. The van der Waals surface area contributed by atoms with Gasteiger partial charge in [-0.2, -0.15) is 5.26 Å². The molecular weight excluding hydrogens is 418 g/mol. The second kappa shape index (κ2) is 9.70. The van der Waals surface area contributed by atoms with Crippen LogP contribution in [0, 0.1) is 21.4 Å². The summed E-state index contributed by atoms with van der Waals surface area (Å²) in [5.41, 5.74) is -0.336. The number of anilines is 1. The molecule has 0 aromatic heterocycles. The van der Waals surface area contributed by atoms with Crippen molar-refractivity contribution in [2.24, 2.45) is 0 Å². The molecule has 0 saturated heterocycles. The number of ether oxygens (including phenoxy) is 4. The molecule has 0 saturated carbocycles. The highest BCUT2D eigenvalue weighted by molar-refractivity contribution is 6.10. The molecule has 0 unspecified atom stereocenters. The van der Waals surface area contributed by atoms with Crippen molar-refractivity contribution in [2.45, 2.75) is 20.0 Å². The molecule has 32 heavy (non-hydrogen) atoms. The van der Waals surface area contributed by atoms with Crippen LogP contribution in [0.1, 0.15) is 19.4 Å². The number of nitrogens with zero attached hydrogens (tertiary/aromatic N) is 2. The van der Waals surface area contributed by atoms with Gasteiger partial charge in [-0.3, -0.25) is 14.9 Å². The number of nitro benzene ring substituents is 1. The number of benzene rings is 2. The van der Waals surface area contributed by atoms with E-state index in [0.29, 0.717) is 17.1 Å². The van der Waals surface area contributed by atoms with Gasteiger partial charge >= 0.3 is 0 Å². The number of hydrogen-bond donors (Lipinski definition) is 1. The number of nitrogens with one attached hydrogen (secondary N) is 1. The normalized spacial score (nSPS) is 12.7. The zero-order chi connectivity index (χ0) is 23.3. The Morgan fingerprint density at radius 2 is 1.97 bits per heavy atom. The van der Waals surface area contributed by atoms with Crippen molar-refractivity contribution in [3.8, 4) is 29.1 Å². The van der Waals surface area contributed by atoms with Gasteiger partial charge in [0.2, 0.25) is 0 Å². The lowest BCUT2D eigenvalue weighted by Gasteiger charge is -2.19. The van der Waals surface area contributed by atoms with Crippen LogP contribution >= 0.6 is 0 Å². The van der Waals surface area contributed by atoms with Crippen molar-refractivity contribution in [3.63, 3.8) is 0 Å². The van der Waals surface area contributed by atoms with Gasteiger partial charge in [0.05, 0.1) is 24.2 Å². The second-order valence-corrected chi connectivity index (χ2v) is 6.94. The summed E-state index contributed by atoms with van der Waals surface area (Å²) >= 11 is 0. The summed E-state index contributed by atoms with van der Waals surface area (Å²) in [7, 11) is 1.48. The Labute approximate surface area is 184 Å². The number of para-hydroxylation sites is 1. The molecule has 10 heteroatoms. The van der Waals surface area contributed by atoms with E-state index in [4.69, 9.17) is 18.9 Å². The van der Waals surface area contributed by atoms with Gasteiger partial charge in [0.1, 0.15) is 30.5 Å². The Kier molecular flexibility index (Phi) is 6.80. The van der Waals surface area contributed by atoms with E-state index in [-0.39, 0.29) is 47.8 Å². The maximum Gasteiger partial charge on any atom is 0.296 e. The fourth-order valence-corrected chi connectivity index (χ4v) is 2.99. The molecular formula is C22H21N3O7. The topological polar surface area (TPSA) is 133 Å². The summed E-state index contributed by atoms with van der Waals surface area (Å²) in [5, 5.41) is 23.5. The maximum atomic E-state index is 12.8. The Morgan fingerprint density at radius 1 is 1.28 bits per heavy atom. The summed E-state index contributed by atoms with van der Waals surface area (Å²) in [6.07, 6.45) is 1.15. The van der Waals surface area contributed by atoms with E-state index >= 15 is 0 Å². The average molecular weight is 439 g/mol. The van der Waals surface area contributed by atoms with Crippen LogP contribution in [0.4, 0.5) is 11.4 Å². The molecule has 0 atom stereocenters. The van der Waals surface area contributed by atoms with Crippen molar-refractivity contribution in [1.82, 2.24) is 0 Å². The van der Waals surface area contributed by atoms with Crippen molar-refractivity contribution >= 4 is 23.4 Å². The zero-order valence-electron chi connectivity index (χ0n) is 17.7. The van der Waals surface area contributed by atoms with Crippen molar-refractivity contribution in [1.29, 1.82) is 5.26 Å². The third-order valence-electron chi connectivity index (χ3n) is 4.35. The highest BCUT2D eigenvalue weighted by Gasteiger charge is 2.24. The van der Waals surface area contributed by atoms with Crippen molar-refractivity contribution in [3.05, 3.63) is 51.6 Å². The van der Waals surface area contributed by atoms with E-state index < -0.39 is 10.8 Å². The molecule has 10 nitrogen and oxygen atoms in total. The SMILES string of the molecule is COc1cccc(C=C(C#N)C(=O)Nc2cc3c(cc2[N+](=O)[O-])OCCO3)c1OC(C)C. The lowest BCUT2D eigenvalue weighted by atomic mass is 10.1. The molecule has 1 N–H and O–H groups in total. The highest BCUT2D eigenvalue weighted by atomic mass is 16.6. The zero-order valence-corrected chi connectivity index (χ0v) is 17.7. The lowest BCUT2D eigenvalue weighted by molar-refractivity contribution is -0.384. The molecule has 1 aliphatic rings. The number of amides is 1. The summed E-state index contributed by atoms with van der Waals surface area (Å²) in [6.45, 7) is 4.20. The van der Waals surface area contributed by atoms with E-state index in [1.165, 1.54) is 25.3 Å². The van der Waals surface area contributed by atoms with Gasteiger partial charge in [-0.05, 0) is 26.0 Å². The molecule has 0 spiro atoms. The predicted octanol–water partition coefficient (Wildman–Crippen LogP) is 3.71. The first-order chi connectivity index (χ1) is 15.3. The molecule has 0 bridgehead atoms. The predicted molar refractivity (Wildman–Crippen MR) is 115 cm³/mol. The number of nitro groups is 1. The number of carbonyl (C=O) groups is 1. The average Bonchev–Trinajstić information content (AvgIpc) is 2.77. The van der Waals surface area contributed by atoms with Crippen LogP contribution < -0.4 is 24.3 Å². The first-order valence-corrected chi connectivity index (χ1v) is 9.69. The fraction of sp³-hybridized carbons (Fsp3) is 0.273. The first kappa shape index (κ1) is 22.4. The second-order valence-electron chi connectivity index (χ2n) is 6.94. The van der Waals surface area contributed by atoms with E-state index in [0.717, 1.165) is 0 Å². The van der Waals surface area contributed by atoms with E-state index in [1.807, 2.05) is 19.9 Å². The van der Waals surface area contributed by atoms with Gasteiger partial charge in [-0.25, -0.2) is 0 Å². The number of carbonyl (C=O) groups excluding carboxylic acids is 1. The standard InChI is InChI=1S/C22H21N3O7/c1-13(2)32-21-14(5-4-6-18(21)29-3)9-15(12-23)22(26)24-16-10-19-20(31-8-7-30-19)11-17(16)25(27)28/h4-6,9-11,13H,7-8H2,1-3H3,(H,24,26). The largest absolute Gasteiger partial charge is 0.493 e. The quantitative estimate of drug-likeness (QED) is 0.299. The first-order valence-electron chi connectivity index (χ1n) is 9.69. The fourth-order valence-electron chi connectivity index (χ4n) is 2.99. The smallest absolute Gasteiger partial charge is 0.296 e. The molecule has 166 valence electrons. The van der Waals surface area contributed by atoms with Crippen LogP contribution in [-0.2, 0) is 4.79 Å². The van der Waals surface area contributed by atoms with Crippen molar-refractivity contribution in [2.75, 3.05) is 25.6 Å². The molecule has 0 aliphatic carbocycles. The molecule has 1 heterocycles. The lowest BCUT2D eigenvalue weighted by Crippen LogP contribution is -2.18. The van der Waals surface area contributed by atoms with E-state index in [9.17, 15) is 20.2 Å². The highest BCUT2D eigenvalue weighted by Crippen LogP contribution is 2.39. The van der Waals surface area contributed by atoms with Crippen LogP contribution in [0.15, 0.2) is 35.9 Å². The van der Waals surface area contributed by atoms with Crippen LogP contribution in [0.2, 0.25) is 0 Å². The van der Waals surface area contributed by atoms with Crippen LogP contribution in [0.5, 0.6) is 23.0 Å². The maximum absolute atomic E-state index is 12.8. The van der Waals surface area contributed by atoms with E-state index in [1.54, 1.807) is 18.2 Å². The minimum atomic E-state index is -0.828. The van der Waals surface area contributed by atoms with Gasteiger partial charge in [0.15, 0.2) is 23.0 Å². The van der Waals surface area contributed by atoms with Gasteiger partial charge in [0.25, 0.3) is 11.6 Å². The minimum absolute atomic E-state index is 0.116. The Balaban J connectivity index is 1.97. The van der Waals surface area contributed by atoms with E-state index in [2.05, 4.69) is 5.32 Å². The van der Waals surface area contributed by atoms with Crippen LogP contribution in [0.25, 0.3) is 6.08 Å². The van der Waals surface area contributed by atoms with Gasteiger partial charge < -0.3 is 24.3 Å². The third-order valence-corrected chi connectivity index (χ3v) is 4.35. The molecule has 3 rings (SSSR count). The summed E-state index contributed by atoms with van der Waals surface area (Å²) in [5.74, 6) is 0.456. The Hall–Kier alpha value is -4.26. The van der Waals surface area contributed by atoms with Crippen molar-refractivity contribution < 1.29 is 28.7 Å². The summed E-state index contributed by atoms with van der Waals surface area (Å²) < 4.78 is 21.9. The monoisotopic (exact) mass is 439 g/mol. The number of rotatable bonds is 7. The van der Waals surface area contributed by atoms with Crippen LogP contribution in [0.3, 0.4) is 0 Å². The minimum Gasteiger partial charge on any atom is -0.493 e. The van der Waals surface area contributed by atoms with Gasteiger partial charge in [-0.15, -0.1) is 0 Å². The summed E-state index contributed by atoms with van der Waals surface area (Å²) in [6, 6.07) is 9.36. The summed E-state index contributed by atoms with van der Waals surface area (Å²) in [4.78, 5) is 23.6. The molecule has 1 aliphatic heterocycles. The number of methoxy groups -OCH3 is 1. The van der Waals surface area contributed by atoms with Gasteiger partial charge in [0, 0.05) is 11.6 Å². The van der Waals surface area contributed by atoms with Gasteiger partial charge in [-0.1, -0.05) is 12.1 Å². The number of nitriles is 1. The third kappa shape index (κ3) is 4.89. The molecule has 2 aromatic carbocycles. The van der Waals surface area contributed by atoms with Crippen LogP contribution in [-0.4, -0.2) is 37.3 Å². The molecule has 1 amide bonds. The Bertz CT molecular complexity index is 1120. The molecule has 0 radical (unpaired) electrons. The number of hydrogen-bond acceptors (Lipinski definition) is 8. The number of fused-ring (bicyclic) bond motifs is 1.